The van der Waals surface area contributed by atoms with E-state index in [0.717, 1.165) is 4.88 Å². The van der Waals surface area contributed by atoms with Gasteiger partial charge in [0.1, 0.15) is 0 Å². The first-order valence-electron chi connectivity index (χ1n) is 6.76. The second-order valence-corrected chi connectivity index (χ2v) is 7.23. The molecule has 8 heteroatoms. The standard InChI is InChI=1S/C16H11ClN2O3S2/c1-19-14(20)13(8-10-3-2-6-23-10)24-16(19)18-9-4-5-12(17)11(7-9)15(21)22/h2-8H,1H3,(H,21,22)/p-1/b13-8-,18-16?. The van der Waals surface area contributed by atoms with Gasteiger partial charge in [-0.1, -0.05) is 17.7 Å². The maximum absolute atomic E-state index is 12.3. The summed E-state index contributed by atoms with van der Waals surface area (Å²) in [5.41, 5.74) is 0.253. The summed E-state index contributed by atoms with van der Waals surface area (Å²) < 4.78 is 0. The number of nitrogens with zero attached hydrogens (tertiary/aromatic N) is 2. The topological polar surface area (TPSA) is 72.8 Å². The lowest BCUT2D eigenvalue weighted by atomic mass is 10.2. The summed E-state index contributed by atoms with van der Waals surface area (Å²) in [6, 6.07) is 8.18. The molecule has 1 fully saturated rings. The van der Waals surface area contributed by atoms with E-state index in [9.17, 15) is 14.7 Å². The average Bonchev–Trinajstić information content (AvgIpc) is 3.14. The van der Waals surface area contributed by atoms with Gasteiger partial charge in [0.15, 0.2) is 5.17 Å². The molecular weight excluding hydrogens is 368 g/mol. The van der Waals surface area contributed by atoms with Gasteiger partial charge in [0.2, 0.25) is 0 Å². The molecular formula is C16H10ClN2O3S2-. The minimum atomic E-state index is -1.37. The third-order valence-corrected chi connectivity index (χ3v) is 5.42. The van der Waals surface area contributed by atoms with E-state index in [1.807, 2.05) is 23.6 Å². The van der Waals surface area contributed by atoms with Gasteiger partial charge in [-0.05, 0) is 47.5 Å². The molecule has 2 heterocycles. The highest BCUT2D eigenvalue weighted by Gasteiger charge is 2.30. The molecule has 1 aromatic carbocycles. The number of thiophene rings is 1. The van der Waals surface area contributed by atoms with Crippen molar-refractivity contribution < 1.29 is 14.7 Å². The molecule has 1 aliphatic rings. The van der Waals surface area contributed by atoms with Crippen LogP contribution in [0.1, 0.15) is 15.2 Å². The Labute approximate surface area is 151 Å². The average molecular weight is 378 g/mol. The van der Waals surface area contributed by atoms with Crippen molar-refractivity contribution in [2.75, 3.05) is 7.05 Å². The Morgan fingerprint density at radius 1 is 1.38 bits per heavy atom. The number of amidine groups is 1. The number of hydrogen-bond acceptors (Lipinski definition) is 6. The van der Waals surface area contributed by atoms with Gasteiger partial charge in [-0.2, -0.15) is 0 Å². The number of hydrogen-bond donors (Lipinski definition) is 0. The number of rotatable bonds is 3. The molecule has 122 valence electrons. The van der Waals surface area contributed by atoms with E-state index in [4.69, 9.17) is 11.6 Å². The first-order chi connectivity index (χ1) is 11.5. The number of carboxylic acids is 1. The number of carbonyl (C=O) groups is 2. The number of amides is 1. The molecule has 0 aliphatic carbocycles. The second kappa shape index (κ2) is 6.80. The van der Waals surface area contributed by atoms with Gasteiger partial charge in [0.05, 0.1) is 16.6 Å². The Morgan fingerprint density at radius 3 is 2.83 bits per heavy atom. The van der Waals surface area contributed by atoms with Crippen LogP contribution in [0.2, 0.25) is 5.02 Å². The van der Waals surface area contributed by atoms with Gasteiger partial charge in [0.25, 0.3) is 5.91 Å². The van der Waals surface area contributed by atoms with Crippen molar-refractivity contribution in [2.24, 2.45) is 4.99 Å². The van der Waals surface area contributed by atoms with Crippen LogP contribution in [-0.4, -0.2) is 29.0 Å². The fourth-order valence-corrected chi connectivity index (χ4v) is 3.91. The van der Waals surface area contributed by atoms with E-state index in [0.29, 0.717) is 15.8 Å². The third-order valence-electron chi connectivity index (χ3n) is 3.21. The molecule has 0 N–H and O–H groups in total. The van der Waals surface area contributed by atoms with Gasteiger partial charge in [0, 0.05) is 22.5 Å². The Kier molecular flexibility index (Phi) is 4.75. The molecule has 0 saturated carbocycles. The molecule has 0 radical (unpaired) electrons. The number of thioether (sulfide) groups is 1. The van der Waals surface area contributed by atoms with Gasteiger partial charge < -0.3 is 9.90 Å². The lowest BCUT2D eigenvalue weighted by molar-refractivity contribution is -0.255. The van der Waals surface area contributed by atoms with Crippen LogP contribution < -0.4 is 5.11 Å². The Bertz CT molecular complexity index is 875. The first kappa shape index (κ1) is 16.8. The highest BCUT2D eigenvalue weighted by molar-refractivity contribution is 8.18. The van der Waals surface area contributed by atoms with Crippen molar-refractivity contribution >= 4 is 63.5 Å². The number of likely N-dealkylation sites (N-methyl/N-ethyl adjacent to an activating group) is 1. The monoisotopic (exact) mass is 377 g/mol. The van der Waals surface area contributed by atoms with Crippen LogP contribution in [0.3, 0.4) is 0 Å². The van der Waals surface area contributed by atoms with Crippen molar-refractivity contribution in [3.8, 4) is 0 Å². The highest BCUT2D eigenvalue weighted by atomic mass is 35.5. The minimum Gasteiger partial charge on any atom is -0.545 e. The van der Waals surface area contributed by atoms with Crippen molar-refractivity contribution in [3.63, 3.8) is 0 Å². The van der Waals surface area contributed by atoms with Crippen molar-refractivity contribution in [1.82, 2.24) is 4.90 Å². The van der Waals surface area contributed by atoms with Gasteiger partial charge in [-0.3, -0.25) is 9.69 Å². The molecule has 0 bridgehead atoms. The fraction of sp³-hybridized carbons (Fsp3) is 0.0625. The molecule has 0 unspecified atom stereocenters. The second-order valence-electron chi connectivity index (χ2n) is 4.84. The van der Waals surface area contributed by atoms with Crippen LogP contribution in [0.15, 0.2) is 45.6 Å². The number of aliphatic imine (C=N–C) groups is 1. The summed E-state index contributed by atoms with van der Waals surface area (Å²) >= 11 is 8.59. The number of carbonyl (C=O) groups excluding carboxylic acids is 2. The maximum Gasteiger partial charge on any atom is 0.266 e. The summed E-state index contributed by atoms with van der Waals surface area (Å²) in [4.78, 5) is 30.7. The summed E-state index contributed by atoms with van der Waals surface area (Å²) in [6.45, 7) is 0. The molecule has 1 aromatic heterocycles. The number of benzene rings is 1. The van der Waals surface area contributed by atoms with E-state index >= 15 is 0 Å². The Balaban J connectivity index is 1.92. The van der Waals surface area contributed by atoms with Crippen LogP contribution in [0, 0.1) is 0 Å². The van der Waals surface area contributed by atoms with Crippen LogP contribution >= 0.6 is 34.7 Å². The SMILES string of the molecule is CN1C(=O)/C(=C/c2cccs2)SC1=Nc1ccc(Cl)c(C(=O)[O-])c1. The van der Waals surface area contributed by atoms with Crippen LogP contribution in [-0.2, 0) is 4.79 Å². The summed E-state index contributed by atoms with van der Waals surface area (Å²) in [6.07, 6.45) is 1.81. The van der Waals surface area contributed by atoms with E-state index in [2.05, 4.69) is 4.99 Å². The van der Waals surface area contributed by atoms with E-state index < -0.39 is 5.97 Å². The van der Waals surface area contributed by atoms with Crippen molar-refractivity contribution in [2.45, 2.75) is 0 Å². The van der Waals surface area contributed by atoms with Gasteiger partial charge >= 0.3 is 0 Å². The maximum atomic E-state index is 12.3. The van der Waals surface area contributed by atoms with Gasteiger partial charge in [-0.25, -0.2) is 4.99 Å². The summed E-state index contributed by atoms with van der Waals surface area (Å²) in [5, 5.41) is 13.5. The molecule has 3 rings (SSSR count). The fourth-order valence-electron chi connectivity index (χ4n) is 2.00. The quantitative estimate of drug-likeness (QED) is 0.771. The molecule has 1 saturated heterocycles. The summed E-state index contributed by atoms with van der Waals surface area (Å²) in [5.74, 6) is -1.52. The minimum absolute atomic E-state index is 0.0840. The first-order valence-corrected chi connectivity index (χ1v) is 8.84. The predicted octanol–water partition coefficient (Wildman–Crippen LogP) is 3.00. The predicted molar refractivity (Wildman–Crippen MR) is 95.5 cm³/mol. The smallest absolute Gasteiger partial charge is 0.266 e. The zero-order chi connectivity index (χ0) is 17.3. The van der Waals surface area contributed by atoms with E-state index in [1.54, 1.807) is 13.1 Å². The van der Waals surface area contributed by atoms with E-state index in [-0.39, 0.29) is 16.5 Å². The third kappa shape index (κ3) is 3.38. The van der Waals surface area contributed by atoms with Crippen LogP contribution in [0.4, 0.5) is 5.69 Å². The largest absolute Gasteiger partial charge is 0.545 e. The number of carboxylic acid groups (broad SMARTS) is 1. The zero-order valence-corrected chi connectivity index (χ0v) is 14.7. The number of aromatic carboxylic acids is 1. The lowest BCUT2D eigenvalue weighted by Crippen LogP contribution is -2.24. The summed E-state index contributed by atoms with van der Waals surface area (Å²) in [7, 11) is 1.62. The Hall–Kier alpha value is -2.09. The Morgan fingerprint density at radius 2 is 2.17 bits per heavy atom. The molecule has 1 amide bonds. The highest BCUT2D eigenvalue weighted by Crippen LogP contribution is 2.34. The van der Waals surface area contributed by atoms with Crippen molar-refractivity contribution in [1.29, 1.82) is 0 Å². The van der Waals surface area contributed by atoms with Crippen molar-refractivity contribution in [3.05, 3.63) is 56.1 Å². The van der Waals surface area contributed by atoms with Crippen LogP contribution in [0.25, 0.3) is 6.08 Å². The molecule has 2 aromatic rings. The van der Waals surface area contributed by atoms with Gasteiger partial charge in [-0.15, -0.1) is 11.3 Å². The number of halogens is 1. The molecule has 0 atom stereocenters. The van der Waals surface area contributed by atoms with Crippen LogP contribution in [0.5, 0.6) is 0 Å². The zero-order valence-electron chi connectivity index (χ0n) is 12.4. The lowest BCUT2D eigenvalue weighted by Gasteiger charge is -2.09. The molecule has 0 spiro atoms. The molecule has 1 aliphatic heterocycles. The molecule has 24 heavy (non-hydrogen) atoms. The van der Waals surface area contributed by atoms with E-state index in [1.165, 1.54) is 40.1 Å². The molecule has 5 nitrogen and oxygen atoms in total. The normalized spacial score (nSPS) is 17.9.